The van der Waals surface area contributed by atoms with E-state index in [0.29, 0.717) is 11.6 Å². The molecule has 0 spiro atoms. The van der Waals surface area contributed by atoms with Gasteiger partial charge in [0.2, 0.25) is 11.8 Å². The number of carboxylic acids is 1. The summed E-state index contributed by atoms with van der Waals surface area (Å²) >= 11 is 1.55. The van der Waals surface area contributed by atoms with Crippen molar-refractivity contribution >= 4 is 35.2 Å². The summed E-state index contributed by atoms with van der Waals surface area (Å²) in [5.41, 5.74) is 3.76. The lowest BCUT2D eigenvalue weighted by molar-refractivity contribution is -0.135. The topological polar surface area (TPSA) is 86.7 Å². The van der Waals surface area contributed by atoms with Gasteiger partial charge in [0.15, 0.2) is 0 Å². The number of benzene rings is 2. The molecule has 2 N–H and O–H groups in total. The fraction of sp³-hybridized carbons (Fsp3) is 0.286. The van der Waals surface area contributed by atoms with Gasteiger partial charge in [0, 0.05) is 11.4 Å². The molecule has 1 fully saturated rings. The number of nitrogens with zero attached hydrogens (tertiary/aromatic N) is 1. The number of aromatic carboxylic acids is 1. The maximum absolute atomic E-state index is 12.8. The van der Waals surface area contributed by atoms with E-state index in [1.807, 2.05) is 32.0 Å². The number of hydrogen-bond donors (Lipinski definition) is 2. The SMILES string of the molecule is Cc1ccc(NC(=O)C2CSCN2C(=O)Cc2ccc(C(=O)O)cc2)c(C)c1. The summed E-state index contributed by atoms with van der Waals surface area (Å²) in [5.74, 6) is -0.311. The van der Waals surface area contributed by atoms with Crippen molar-refractivity contribution in [3.05, 3.63) is 64.7 Å². The van der Waals surface area contributed by atoms with Gasteiger partial charge in [-0.25, -0.2) is 4.79 Å². The molecule has 1 aliphatic heterocycles. The highest BCUT2D eigenvalue weighted by atomic mass is 32.2. The Morgan fingerprint density at radius 1 is 1.14 bits per heavy atom. The molecule has 28 heavy (non-hydrogen) atoms. The third-order valence-corrected chi connectivity index (χ3v) is 5.71. The molecule has 1 aliphatic rings. The normalized spacial score (nSPS) is 16.1. The molecule has 146 valence electrons. The number of carbonyl (C=O) groups is 3. The molecular weight excluding hydrogens is 376 g/mol. The maximum Gasteiger partial charge on any atom is 0.335 e. The average molecular weight is 398 g/mol. The van der Waals surface area contributed by atoms with Crippen LogP contribution >= 0.6 is 11.8 Å². The predicted molar refractivity (Wildman–Crippen MR) is 110 cm³/mol. The third kappa shape index (κ3) is 4.54. The Morgan fingerprint density at radius 3 is 2.50 bits per heavy atom. The van der Waals surface area contributed by atoms with E-state index in [1.54, 1.807) is 28.8 Å². The van der Waals surface area contributed by atoms with Gasteiger partial charge in [-0.2, -0.15) is 0 Å². The van der Waals surface area contributed by atoms with Crippen LogP contribution in [0.3, 0.4) is 0 Å². The van der Waals surface area contributed by atoms with Gasteiger partial charge in [0.25, 0.3) is 0 Å². The van der Waals surface area contributed by atoms with Crippen LogP contribution in [0.5, 0.6) is 0 Å². The number of nitrogens with one attached hydrogen (secondary N) is 1. The molecule has 6 nitrogen and oxygen atoms in total. The Morgan fingerprint density at radius 2 is 1.86 bits per heavy atom. The van der Waals surface area contributed by atoms with Crippen molar-refractivity contribution in [2.45, 2.75) is 26.3 Å². The van der Waals surface area contributed by atoms with Crippen molar-refractivity contribution < 1.29 is 19.5 Å². The van der Waals surface area contributed by atoms with Gasteiger partial charge in [-0.05, 0) is 43.2 Å². The van der Waals surface area contributed by atoms with Crippen LogP contribution in [0, 0.1) is 13.8 Å². The molecule has 1 unspecified atom stereocenters. The van der Waals surface area contributed by atoms with E-state index in [1.165, 1.54) is 12.1 Å². The molecule has 3 rings (SSSR count). The summed E-state index contributed by atoms with van der Waals surface area (Å²) in [6.45, 7) is 3.94. The number of carbonyl (C=O) groups excluding carboxylic acids is 2. The highest BCUT2D eigenvalue weighted by molar-refractivity contribution is 7.99. The number of anilines is 1. The molecule has 0 radical (unpaired) electrons. The lowest BCUT2D eigenvalue weighted by Crippen LogP contribution is -2.45. The largest absolute Gasteiger partial charge is 0.478 e. The fourth-order valence-electron chi connectivity index (χ4n) is 3.12. The first-order chi connectivity index (χ1) is 13.3. The number of aryl methyl sites for hydroxylation is 2. The zero-order valence-electron chi connectivity index (χ0n) is 15.8. The standard InChI is InChI=1S/C21H22N2O4S/c1-13-3-8-17(14(2)9-13)22-20(25)18-11-28-12-23(18)19(24)10-15-4-6-16(7-5-15)21(26)27/h3-9,18H,10-12H2,1-2H3,(H,22,25)(H,26,27). The first-order valence-electron chi connectivity index (χ1n) is 8.92. The second-order valence-corrected chi connectivity index (χ2v) is 7.87. The van der Waals surface area contributed by atoms with Crippen molar-refractivity contribution in [2.75, 3.05) is 16.9 Å². The van der Waals surface area contributed by atoms with E-state index in [4.69, 9.17) is 5.11 Å². The molecule has 0 aromatic heterocycles. The van der Waals surface area contributed by atoms with Crippen LogP contribution < -0.4 is 5.32 Å². The number of carboxylic acid groups (broad SMARTS) is 1. The molecule has 2 aromatic rings. The predicted octanol–water partition coefficient (Wildman–Crippen LogP) is 3.08. The maximum atomic E-state index is 12.8. The molecule has 7 heteroatoms. The summed E-state index contributed by atoms with van der Waals surface area (Å²) in [4.78, 5) is 38.0. The van der Waals surface area contributed by atoms with E-state index in [0.717, 1.165) is 22.4 Å². The van der Waals surface area contributed by atoms with Gasteiger partial charge in [-0.3, -0.25) is 9.59 Å². The summed E-state index contributed by atoms with van der Waals surface area (Å²) in [6.07, 6.45) is 0.133. The van der Waals surface area contributed by atoms with E-state index in [9.17, 15) is 14.4 Å². The second-order valence-electron chi connectivity index (χ2n) is 6.87. The molecule has 2 aromatic carbocycles. The smallest absolute Gasteiger partial charge is 0.335 e. The molecular formula is C21H22N2O4S. The molecule has 0 bridgehead atoms. The third-order valence-electron chi connectivity index (χ3n) is 4.70. The Labute approximate surface area is 167 Å². The zero-order chi connectivity index (χ0) is 20.3. The van der Waals surface area contributed by atoms with Crippen LogP contribution in [0.15, 0.2) is 42.5 Å². The van der Waals surface area contributed by atoms with Crippen LogP contribution in [0.4, 0.5) is 5.69 Å². The Balaban J connectivity index is 1.66. The minimum atomic E-state index is -1.00. The van der Waals surface area contributed by atoms with E-state index >= 15 is 0 Å². The van der Waals surface area contributed by atoms with Crippen LogP contribution in [-0.2, 0) is 16.0 Å². The van der Waals surface area contributed by atoms with Crippen LogP contribution in [0.2, 0.25) is 0 Å². The second kappa shape index (κ2) is 8.48. The Bertz CT molecular complexity index is 911. The summed E-state index contributed by atoms with van der Waals surface area (Å²) in [5, 5.41) is 11.9. The summed E-state index contributed by atoms with van der Waals surface area (Å²) in [7, 11) is 0. The lowest BCUT2D eigenvalue weighted by Gasteiger charge is -2.23. The quantitative estimate of drug-likeness (QED) is 0.808. The van der Waals surface area contributed by atoms with Gasteiger partial charge in [-0.15, -0.1) is 11.8 Å². The van der Waals surface area contributed by atoms with Crippen molar-refractivity contribution in [3.8, 4) is 0 Å². The first kappa shape index (κ1) is 19.9. The van der Waals surface area contributed by atoms with E-state index in [2.05, 4.69) is 5.32 Å². The average Bonchev–Trinajstić information content (AvgIpc) is 3.14. The lowest BCUT2D eigenvalue weighted by atomic mass is 10.1. The molecule has 2 amide bonds. The van der Waals surface area contributed by atoms with Crippen LogP contribution in [0.25, 0.3) is 0 Å². The van der Waals surface area contributed by atoms with Crippen molar-refractivity contribution in [2.24, 2.45) is 0 Å². The van der Waals surface area contributed by atoms with Crippen LogP contribution in [0.1, 0.15) is 27.0 Å². The first-order valence-corrected chi connectivity index (χ1v) is 10.1. The van der Waals surface area contributed by atoms with Crippen molar-refractivity contribution in [1.29, 1.82) is 0 Å². The number of hydrogen-bond acceptors (Lipinski definition) is 4. The highest BCUT2D eigenvalue weighted by Crippen LogP contribution is 2.24. The fourth-order valence-corrected chi connectivity index (χ4v) is 4.30. The highest BCUT2D eigenvalue weighted by Gasteiger charge is 2.34. The zero-order valence-corrected chi connectivity index (χ0v) is 16.6. The minimum absolute atomic E-state index is 0.133. The van der Waals surface area contributed by atoms with Gasteiger partial charge >= 0.3 is 5.97 Å². The number of thioether (sulfide) groups is 1. The molecule has 1 heterocycles. The molecule has 1 atom stereocenters. The van der Waals surface area contributed by atoms with Gasteiger partial charge in [-0.1, -0.05) is 29.8 Å². The number of rotatable bonds is 5. The van der Waals surface area contributed by atoms with Crippen LogP contribution in [-0.4, -0.2) is 45.5 Å². The van der Waals surface area contributed by atoms with Gasteiger partial charge < -0.3 is 15.3 Å². The van der Waals surface area contributed by atoms with E-state index in [-0.39, 0.29) is 23.8 Å². The Hall–Kier alpha value is -2.80. The Kier molecular flexibility index (Phi) is 6.04. The monoisotopic (exact) mass is 398 g/mol. The number of amides is 2. The van der Waals surface area contributed by atoms with Gasteiger partial charge in [0.1, 0.15) is 6.04 Å². The van der Waals surface area contributed by atoms with Crippen molar-refractivity contribution in [1.82, 2.24) is 4.90 Å². The van der Waals surface area contributed by atoms with Gasteiger partial charge in [0.05, 0.1) is 17.9 Å². The molecule has 0 saturated carbocycles. The molecule has 0 aliphatic carbocycles. The minimum Gasteiger partial charge on any atom is -0.478 e. The van der Waals surface area contributed by atoms with Crippen molar-refractivity contribution in [3.63, 3.8) is 0 Å². The summed E-state index contributed by atoms with van der Waals surface area (Å²) in [6, 6.07) is 11.5. The summed E-state index contributed by atoms with van der Waals surface area (Å²) < 4.78 is 0. The molecule has 1 saturated heterocycles. The van der Waals surface area contributed by atoms with E-state index < -0.39 is 12.0 Å².